The molecular weight excluding hydrogens is 273 g/mol. The van der Waals surface area contributed by atoms with E-state index < -0.39 is 6.36 Å². The molecule has 0 aliphatic rings. The number of alkyl halides is 4. The summed E-state index contributed by atoms with van der Waals surface area (Å²) >= 11 is 3.31. The first kappa shape index (κ1) is 12.4. The van der Waals surface area contributed by atoms with Gasteiger partial charge in [-0.25, -0.2) is 0 Å². The minimum Gasteiger partial charge on any atom is -0.406 e. The highest BCUT2D eigenvalue weighted by molar-refractivity contribution is 9.09. The van der Waals surface area contributed by atoms with Crippen LogP contribution in [0.3, 0.4) is 0 Å². The molecule has 0 fully saturated rings. The Morgan fingerprint density at radius 1 is 1.27 bits per heavy atom. The maximum Gasteiger partial charge on any atom is 0.573 e. The SMILES string of the molecule is CC(CBr)c1ccc(OC(F)(F)F)cc1. The lowest BCUT2D eigenvalue weighted by Gasteiger charge is -2.11. The van der Waals surface area contributed by atoms with E-state index >= 15 is 0 Å². The molecule has 1 atom stereocenters. The van der Waals surface area contributed by atoms with Crippen LogP contribution in [-0.2, 0) is 0 Å². The number of benzene rings is 1. The van der Waals surface area contributed by atoms with Gasteiger partial charge in [0.2, 0.25) is 0 Å². The van der Waals surface area contributed by atoms with Crippen LogP contribution in [0.4, 0.5) is 13.2 Å². The molecule has 84 valence electrons. The Morgan fingerprint density at radius 3 is 2.20 bits per heavy atom. The smallest absolute Gasteiger partial charge is 0.406 e. The molecule has 0 aromatic heterocycles. The molecule has 1 rings (SSSR count). The fourth-order valence-electron chi connectivity index (χ4n) is 1.09. The molecule has 0 radical (unpaired) electrons. The first-order chi connectivity index (χ1) is 6.92. The summed E-state index contributed by atoms with van der Waals surface area (Å²) in [5.41, 5.74) is 0.974. The second kappa shape index (κ2) is 4.88. The van der Waals surface area contributed by atoms with Crippen molar-refractivity contribution in [2.75, 3.05) is 5.33 Å². The normalized spacial score (nSPS) is 13.7. The molecular formula is C10H10BrF3O. The lowest BCUT2D eigenvalue weighted by atomic mass is 10.0. The van der Waals surface area contributed by atoms with E-state index in [2.05, 4.69) is 20.7 Å². The predicted molar refractivity (Wildman–Crippen MR) is 55.3 cm³/mol. The molecule has 1 unspecified atom stereocenters. The summed E-state index contributed by atoms with van der Waals surface area (Å²) in [7, 11) is 0. The Kier molecular flexibility index (Phi) is 4.02. The van der Waals surface area contributed by atoms with Crippen molar-refractivity contribution in [3.63, 3.8) is 0 Å². The standard InChI is InChI=1S/C10H10BrF3O/c1-7(6-11)8-2-4-9(5-3-8)15-10(12,13)14/h2-5,7H,6H2,1H3. The van der Waals surface area contributed by atoms with Gasteiger partial charge in [-0.3, -0.25) is 0 Å². The molecule has 5 heteroatoms. The van der Waals surface area contributed by atoms with E-state index in [9.17, 15) is 13.2 Å². The average molecular weight is 283 g/mol. The molecule has 0 saturated carbocycles. The molecule has 0 spiro atoms. The van der Waals surface area contributed by atoms with Crippen molar-refractivity contribution in [1.29, 1.82) is 0 Å². The predicted octanol–water partition coefficient (Wildman–Crippen LogP) is 4.08. The second-order valence-corrected chi connectivity index (χ2v) is 3.82. The van der Waals surface area contributed by atoms with Gasteiger partial charge in [-0.15, -0.1) is 13.2 Å². The molecule has 15 heavy (non-hydrogen) atoms. The Labute approximate surface area is 94.4 Å². The van der Waals surface area contributed by atoms with E-state index in [0.29, 0.717) is 0 Å². The van der Waals surface area contributed by atoms with Gasteiger partial charge < -0.3 is 4.74 Å². The Bertz CT molecular complexity index is 307. The Hall–Kier alpha value is -0.710. The van der Waals surface area contributed by atoms with Crippen LogP contribution in [0.1, 0.15) is 18.4 Å². The van der Waals surface area contributed by atoms with E-state index in [4.69, 9.17) is 0 Å². The van der Waals surface area contributed by atoms with E-state index in [1.54, 1.807) is 12.1 Å². The molecule has 0 N–H and O–H groups in total. The molecule has 0 heterocycles. The topological polar surface area (TPSA) is 9.23 Å². The molecule has 0 amide bonds. The number of ether oxygens (including phenoxy) is 1. The van der Waals surface area contributed by atoms with Gasteiger partial charge in [-0.05, 0) is 23.6 Å². The van der Waals surface area contributed by atoms with Gasteiger partial charge in [0, 0.05) is 5.33 Å². The highest BCUT2D eigenvalue weighted by Crippen LogP contribution is 2.25. The summed E-state index contributed by atoms with van der Waals surface area (Å²) in [4.78, 5) is 0. The molecule has 0 aliphatic carbocycles. The van der Waals surface area contributed by atoms with Crippen LogP contribution >= 0.6 is 15.9 Å². The van der Waals surface area contributed by atoms with Crippen LogP contribution in [0.25, 0.3) is 0 Å². The van der Waals surface area contributed by atoms with Gasteiger partial charge in [0.15, 0.2) is 0 Å². The van der Waals surface area contributed by atoms with E-state index in [1.165, 1.54) is 12.1 Å². The van der Waals surface area contributed by atoms with Crippen molar-refractivity contribution in [3.8, 4) is 5.75 Å². The summed E-state index contributed by atoms with van der Waals surface area (Å²) in [6.07, 6.45) is -4.62. The van der Waals surface area contributed by atoms with Crippen molar-refractivity contribution in [2.45, 2.75) is 19.2 Å². The zero-order valence-electron chi connectivity index (χ0n) is 8.01. The Morgan fingerprint density at radius 2 is 1.80 bits per heavy atom. The molecule has 0 saturated heterocycles. The van der Waals surface area contributed by atoms with Crippen molar-refractivity contribution in [3.05, 3.63) is 29.8 Å². The number of halogens is 4. The van der Waals surface area contributed by atoms with Crippen LogP contribution in [0, 0.1) is 0 Å². The lowest BCUT2D eigenvalue weighted by molar-refractivity contribution is -0.274. The van der Waals surface area contributed by atoms with Gasteiger partial charge in [0.25, 0.3) is 0 Å². The zero-order valence-corrected chi connectivity index (χ0v) is 9.60. The fourth-order valence-corrected chi connectivity index (χ4v) is 1.46. The maximum absolute atomic E-state index is 11.8. The van der Waals surface area contributed by atoms with Gasteiger partial charge in [0.05, 0.1) is 0 Å². The van der Waals surface area contributed by atoms with E-state index in [1.807, 2.05) is 6.92 Å². The minimum absolute atomic E-state index is 0.187. The minimum atomic E-state index is -4.62. The van der Waals surface area contributed by atoms with Crippen LogP contribution in [0.5, 0.6) is 5.75 Å². The highest BCUT2D eigenvalue weighted by Gasteiger charge is 2.30. The zero-order chi connectivity index (χ0) is 11.5. The number of hydrogen-bond acceptors (Lipinski definition) is 1. The van der Waals surface area contributed by atoms with Crippen LogP contribution in [0.15, 0.2) is 24.3 Å². The van der Waals surface area contributed by atoms with Crippen LogP contribution in [-0.4, -0.2) is 11.7 Å². The van der Waals surface area contributed by atoms with Crippen molar-refractivity contribution in [2.24, 2.45) is 0 Å². The van der Waals surface area contributed by atoms with Crippen molar-refractivity contribution >= 4 is 15.9 Å². The number of rotatable bonds is 3. The van der Waals surface area contributed by atoms with Gasteiger partial charge >= 0.3 is 6.36 Å². The van der Waals surface area contributed by atoms with Gasteiger partial charge in [0.1, 0.15) is 5.75 Å². The monoisotopic (exact) mass is 282 g/mol. The molecule has 1 nitrogen and oxygen atoms in total. The second-order valence-electron chi connectivity index (χ2n) is 3.17. The lowest BCUT2D eigenvalue weighted by Crippen LogP contribution is -2.17. The van der Waals surface area contributed by atoms with Crippen LogP contribution in [0.2, 0.25) is 0 Å². The summed E-state index contributed by atoms with van der Waals surface area (Å²) < 4.78 is 39.3. The summed E-state index contributed by atoms with van der Waals surface area (Å²) in [6, 6.07) is 5.91. The van der Waals surface area contributed by atoms with Crippen LogP contribution < -0.4 is 4.74 Å². The first-order valence-electron chi connectivity index (χ1n) is 4.34. The van der Waals surface area contributed by atoms with Gasteiger partial charge in [-0.1, -0.05) is 35.0 Å². The third-order valence-electron chi connectivity index (χ3n) is 1.91. The highest BCUT2D eigenvalue weighted by atomic mass is 79.9. The summed E-state index contributed by atoms with van der Waals surface area (Å²) in [5.74, 6) is 0.0814. The maximum atomic E-state index is 11.8. The fraction of sp³-hybridized carbons (Fsp3) is 0.400. The average Bonchev–Trinajstić information content (AvgIpc) is 2.15. The molecule has 0 bridgehead atoms. The Balaban J connectivity index is 2.72. The molecule has 0 aliphatic heterocycles. The first-order valence-corrected chi connectivity index (χ1v) is 5.46. The van der Waals surface area contributed by atoms with Crippen molar-refractivity contribution in [1.82, 2.24) is 0 Å². The quantitative estimate of drug-likeness (QED) is 0.759. The number of hydrogen-bond donors (Lipinski definition) is 0. The summed E-state index contributed by atoms with van der Waals surface area (Å²) in [5, 5.41) is 0.770. The van der Waals surface area contributed by atoms with Gasteiger partial charge in [-0.2, -0.15) is 0 Å². The molecule has 1 aromatic carbocycles. The third-order valence-corrected chi connectivity index (χ3v) is 2.89. The van der Waals surface area contributed by atoms with E-state index in [-0.39, 0.29) is 11.7 Å². The summed E-state index contributed by atoms with van der Waals surface area (Å²) in [6.45, 7) is 1.98. The molecule has 1 aromatic rings. The van der Waals surface area contributed by atoms with Crippen molar-refractivity contribution < 1.29 is 17.9 Å². The van der Waals surface area contributed by atoms with E-state index in [0.717, 1.165) is 10.9 Å². The third kappa shape index (κ3) is 4.11. The largest absolute Gasteiger partial charge is 0.573 e.